The van der Waals surface area contributed by atoms with Gasteiger partial charge in [0, 0.05) is 22.9 Å². The molecule has 0 radical (unpaired) electrons. The molecule has 0 bridgehead atoms. The molecule has 0 saturated carbocycles. The Balaban J connectivity index is 2.08. The van der Waals surface area contributed by atoms with E-state index < -0.39 is 0 Å². The highest BCUT2D eigenvalue weighted by atomic mass is 35.5. The number of benzene rings is 1. The maximum Gasteiger partial charge on any atom is 0.0897 e. The molecule has 0 amide bonds. The lowest BCUT2D eigenvalue weighted by Gasteiger charge is -2.18. The topological polar surface area (TPSA) is 24.9 Å². The fraction of sp³-hybridized carbons (Fsp3) is 0.471. The van der Waals surface area contributed by atoms with Crippen LogP contribution in [0.25, 0.3) is 0 Å². The Hall–Kier alpha value is -0.900. The molecule has 2 nitrogen and oxygen atoms in total. The van der Waals surface area contributed by atoms with Gasteiger partial charge < -0.3 is 5.32 Å². The SMILES string of the molecule is CCCNC(Cc1csc(C)n1)Cc1ccc(C)cc1Cl. The normalized spacial score (nSPS) is 12.6. The van der Waals surface area contributed by atoms with Gasteiger partial charge in [-0.25, -0.2) is 4.98 Å². The van der Waals surface area contributed by atoms with Crippen molar-refractivity contribution in [1.82, 2.24) is 10.3 Å². The second-order valence-corrected chi connectivity index (χ2v) is 6.98. The second-order valence-electron chi connectivity index (χ2n) is 5.51. The van der Waals surface area contributed by atoms with Crippen molar-refractivity contribution in [2.24, 2.45) is 0 Å². The molecule has 2 rings (SSSR count). The fourth-order valence-electron chi connectivity index (χ4n) is 2.40. The van der Waals surface area contributed by atoms with Crippen LogP contribution in [-0.4, -0.2) is 17.6 Å². The van der Waals surface area contributed by atoms with E-state index in [1.54, 1.807) is 11.3 Å². The quantitative estimate of drug-likeness (QED) is 0.808. The molecule has 0 fully saturated rings. The minimum absolute atomic E-state index is 0.381. The van der Waals surface area contributed by atoms with Crippen LogP contribution in [0.2, 0.25) is 5.02 Å². The molecule has 0 saturated heterocycles. The predicted molar refractivity (Wildman–Crippen MR) is 92.5 cm³/mol. The van der Waals surface area contributed by atoms with E-state index in [9.17, 15) is 0 Å². The standard InChI is InChI=1S/C17H23ClN2S/c1-4-7-19-15(10-16-11-21-13(3)20-16)9-14-6-5-12(2)8-17(14)18/h5-6,8,11,15,19H,4,7,9-10H2,1-3H3. The van der Waals surface area contributed by atoms with Crippen molar-refractivity contribution in [3.8, 4) is 0 Å². The highest BCUT2D eigenvalue weighted by molar-refractivity contribution is 7.09. The monoisotopic (exact) mass is 322 g/mol. The van der Waals surface area contributed by atoms with E-state index in [2.05, 4.69) is 48.6 Å². The maximum absolute atomic E-state index is 6.37. The van der Waals surface area contributed by atoms with Crippen molar-refractivity contribution < 1.29 is 0 Å². The van der Waals surface area contributed by atoms with E-state index in [1.165, 1.54) is 16.8 Å². The highest BCUT2D eigenvalue weighted by Crippen LogP contribution is 2.20. The molecule has 4 heteroatoms. The lowest BCUT2D eigenvalue weighted by molar-refractivity contribution is 0.501. The molecular weight excluding hydrogens is 300 g/mol. The number of halogens is 1. The van der Waals surface area contributed by atoms with E-state index in [0.717, 1.165) is 35.8 Å². The number of thiazole rings is 1. The van der Waals surface area contributed by atoms with Crippen molar-refractivity contribution >= 4 is 22.9 Å². The Morgan fingerprint density at radius 1 is 1.29 bits per heavy atom. The summed E-state index contributed by atoms with van der Waals surface area (Å²) in [5.41, 5.74) is 3.59. The summed E-state index contributed by atoms with van der Waals surface area (Å²) in [7, 11) is 0. The van der Waals surface area contributed by atoms with Crippen LogP contribution >= 0.6 is 22.9 Å². The first-order chi connectivity index (χ1) is 10.1. The van der Waals surface area contributed by atoms with E-state index in [1.807, 2.05) is 6.07 Å². The lowest BCUT2D eigenvalue weighted by atomic mass is 10.0. The zero-order chi connectivity index (χ0) is 15.2. The van der Waals surface area contributed by atoms with Gasteiger partial charge in [-0.3, -0.25) is 0 Å². The molecule has 0 aliphatic heterocycles. The lowest BCUT2D eigenvalue weighted by Crippen LogP contribution is -2.34. The molecule has 0 aliphatic rings. The Bertz CT molecular complexity index is 580. The molecule has 0 spiro atoms. The first-order valence-electron chi connectivity index (χ1n) is 7.48. The number of nitrogens with zero attached hydrogens (tertiary/aromatic N) is 1. The van der Waals surface area contributed by atoms with Gasteiger partial charge in [-0.2, -0.15) is 0 Å². The summed E-state index contributed by atoms with van der Waals surface area (Å²) in [5.74, 6) is 0. The Labute approximate surface area is 136 Å². The first kappa shape index (κ1) is 16.5. The third-order valence-corrected chi connectivity index (χ3v) is 4.65. The number of hydrogen-bond acceptors (Lipinski definition) is 3. The van der Waals surface area contributed by atoms with Crippen LogP contribution in [0.4, 0.5) is 0 Å². The summed E-state index contributed by atoms with van der Waals surface area (Å²) in [4.78, 5) is 4.58. The molecule has 2 aromatic rings. The van der Waals surface area contributed by atoms with Crippen LogP contribution < -0.4 is 5.32 Å². The van der Waals surface area contributed by atoms with Gasteiger partial charge in [0.15, 0.2) is 0 Å². The van der Waals surface area contributed by atoms with E-state index in [0.29, 0.717) is 6.04 Å². The average Bonchev–Trinajstić information content (AvgIpc) is 2.84. The van der Waals surface area contributed by atoms with Crippen LogP contribution in [0.3, 0.4) is 0 Å². The van der Waals surface area contributed by atoms with Gasteiger partial charge >= 0.3 is 0 Å². The van der Waals surface area contributed by atoms with Gasteiger partial charge in [-0.05, 0) is 50.4 Å². The number of hydrogen-bond donors (Lipinski definition) is 1. The number of aryl methyl sites for hydroxylation is 2. The van der Waals surface area contributed by atoms with Gasteiger partial charge in [0.1, 0.15) is 0 Å². The number of nitrogens with one attached hydrogen (secondary N) is 1. The van der Waals surface area contributed by atoms with E-state index >= 15 is 0 Å². The second kappa shape index (κ2) is 7.92. The molecule has 0 aliphatic carbocycles. The summed E-state index contributed by atoms with van der Waals surface area (Å²) in [6.07, 6.45) is 3.03. The van der Waals surface area contributed by atoms with Crippen molar-refractivity contribution in [2.45, 2.75) is 46.1 Å². The predicted octanol–water partition coefficient (Wildman–Crippen LogP) is 4.57. The molecule has 1 heterocycles. The summed E-state index contributed by atoms with van der Waals surface area (Å²) < 4.78 is 0. The zero-order valence-corrected chi connectivity index (χ0v) is 14.5. The van der Waals surface area contributed by atoms with Crippen LogP contribution in [0, 0.1) is 13.8 Å². The molecule has 21 heavy (non-hydrogen) atoms. The van der Waals surface area contributed by atoms with Crippen LogP contribution in [-0.2, 0) is 12.8 Å². The van der Waals surface area contributed by atoms with E-state index in [-0.39, 0.29) is 0 Å². The molecule has 1 unspecified atom stereocenters. The molecule has 1 atom stereocenters. The van der Waals surface area contributed by atoms with Gasteiger partial charge in [-0.1, -0.05) is 30.7 Å². The van der Waals surface area contributed by atoms with Crippen molar-refractivity contribution in [2.75, 3.05) is 6.54 Å². The van der Waals surface area contributed by atoms with Crippen molar-refractivity contribution in [1.29, 1.82) is 0 Å². The number of aromatic nitrogens is 1. The van der Waals surface area contributed by atoms with Crippen LogP contribution in [0.5, 0.6) is 0 Å². The largest absolute Gasteiger partial charge is 0.313 e. The third-order valence-electron chi connectivity index (χ3n) is 3.48. The van der Waals surface area contributed by atoms with Gasteiger partial charge in [0.2, 0.25) is 0 Å². The van der Waals surface area contributed by atoms with Crippen molar-refractivity contribution in [3.05, 3.63) is 50.4 Å². The Kier molecular flexibility index (Phi) is 6.22. The summed E-state index contributed by atoms with van der Waals surface area (Å²) in [6.45, 7) is 7.34. The summed E-state index contributed by atoms with van der Waals surface area (Å²) in [6, 6.07) is 6.70. The van der Waals surface area contributed by atoms with Crippen molar-refractivity contribution in [3.63, 3.8) is 0 Å². The minimum atomic E-state index is 0.381. The van der Waals surface area contributed by atoms with Gasteiger partial charge in [0.05, 0.1) is 10.7 Å². The smallest absolute Gasteiger partial charge is 0.0897 e. The molecule has 114 valence electrons. The third kappa shape index (κ3) is 5.10. The maximum atomic E-state index is 6.37. The minimum Gasteiger partial charge on any atom is -0.313 e. The average molecular weight is 323 g/mol. The highest BCUT2D eigenvalue weighted by Gasteiger charge is 2.13. The van der Waals surface area contributed by atoms with Crippen LogP contribution in [0.1, 0.15) is 35.2 Å². The van der Waals surface area contributed by atoms with Gasteiger partial charge in [0.25, 0.3) is 0 Å². The molecule has 1 N–H and O–H groups in total. The molecule has 1 aromatic heterocycles. The summed E-state index contributed by atoms with van der Waals surface area (Å²) in [5, 5.41) is 7.78. The molecule has 1 aromatic carbocycles. The Morgan fingerprint density at radius 2 is 2.10 bits per heavy atom. The van der Waals surface area contributed by atoms with Gasteiger partial charge in [-0.15, -0.1) is 11.3 Å². The first-order valence-corrected chi connectivity index (χ1v) is 8.73. The summed E-state index contributed by atoms with van der Waals surface area (Å²) >= 11 is 8.09. The van der Waals surface area contributed by atoms with E-state index in [4.69, 9.17) is 11.6 Å². The molecular formula is C17H23ClN2S. The Morgan fingerprint density at radius 3 is 2.71 bits per heavy atom. The van der Waals surface area contributed by atoms with Crippen LogP contribution in [0.15, 0.2) is 23.6 Å². The fourth-order valence-corrected chi connectivity index (χ4v) is 3.34. The zero-order valence-electron chi connectivity index (χ0n) is 12.9. The number of rotatable bonds is 7.